The van der Waals surface area contributed by atoms with Gasteiger partial charge in [-0.05, 0) is 36.3 Å². The fourth-order valence-electron chi connectivity index (χ4n) is 1.77. The Morgan fingerprint density at radius 1 is 1.19 bits per heavy atom. The van der Waals surface area contributed by atoms with Crippen molar-refractivity contribution in [2.45, 2.75) is 13.5 Å². The second-order valence-corrected chi connectivity index (χ2v) is 5.14. The molecule has 2 amide bonds. The summed E-state index contributed by atoms with van der Waals surface area (Å²) in [5, 5.41) is 6.09. The summed E-state index contributed by atoms with van der Waals surface area (Å²) in [6.07, 6.45) is 3.47. The molecule has 0 heterocycles. The molecule has 2 aromatic rings. The summed E-state index contributed by atoms with van der Waals surface area (Å²) >= 11 is 5.88. The number of hydrogen-bond acceptors (Lipinski definition) is 1. The van der Waals surface area contributed by atoms with Crippen molar-refractivity contribution >= 4 is 23.7 Å². The molecule has 0 aromatic heterocycles. The fraction of sp³-hybridized carbons (Fsp3) is 0.118. The highest BCUT2D eigenvalue weighted by molar-refractivity contribution is 6.30. The number of benzene rings is 2. The molecule has 108 valence electrons. The first-order valence-electron chi connectivity index (χ1n) is 6.65. The Bertz CT molecular complexity index is 635. The van der Waals surface area contributed by atoms with Crippen LogP contribution in [0.2, 0.25) is 5.02 Å². The topological polar surface area (TPSA) is 41.1 Å². The number of hydrogen-bond donors (Lipinski definition) is 2. The number of nitrogens with one attached hydrogen (secondary N) is 2. The second-order valence-electron chi connectivity index (χ2n) is 4.70. The van der Waals surface area contributed by atoms with Crippen molar-refractivity contribution in [3.05, 3.63) is 76.4 Å². The van der Waals surface area contributed by atoms with Gasteiger partial charge in [-0.15, -0.1) is 0 Å². The van der Waals surface area contributed by atoms with Crippen LogP contribution in [0.4, 0.5) is 4.79 Å². The Kier molecular flexibility index (Phi) is 5.41. The molecule has 0 spiro atoms. The maximum absolute atomic E-state index is 11.6. The zero-order valence-electron chi connectivity index (χ0n) is 11.8. The summed E-state index contributed by atoms with van der Waals surface area (Å²) in [7, 11) is 0. The molecule has 0 aliphatic rings. The number of halogens is 1. The van der Waals surface area contributed by atoms with Gasteiger partial charge in [-0.3, -0.25) is 0 Å². The highest BCUT2D eigenvalue weighted by Gasteiger charge is 1.98. The minimum atomic E-state index is -0.252. The van der Waals surface area contributed by atoms with E-state index >= 15 is 0 Å². The SMILES string of the molecule is Cc1ccc(C=CNC(=O)NCc2cccc(Cl)c2)cc1. The Morgan fingerprint density at radius 3 is 2.67 bits per heavy atom. The number of amides is 2. The van der Waals surface area contributed by atoms with Gasteiger partial charge in [0.2, 0.25) is 0 Å². The minimum Gasteiger partial charge on any atom is -0.334 e. The molecule has 0 saturated heterocycles. The second kappa shape index (κ2) is 7.50. The number of urea groups is 1. The lowest BCUT2D eigenvalue weighted by atomic mass is 10.1. The van der Waals surface area contributed by atoms with Gasteiger partial charge >= 0.3 is 6.03 Å². The molecule has 2 rings (SSSR count). The zero-order valence-corrected chi connectivity index (χ0v) is 12.5. The molecule has 0 aliphatic carbocycles. The number of rotatable bonds is 4. The summed E-state index contributed by atoms with van der Waals surface area (Å²) in [6.45, 7) is 2.47. The summed E-state index contributed by atoms with van der Waals surface area (Å²) in [4.78, 5) is 11.6. The van der Waals surface area contributed by atoms with E-state index in [2.05, 4.69) is 10.6 Å². The molecule has 4 heteroatoms. The Hall–Kier alpha value is -2.26. The van der Waals surface area contributed by atoms with E-state index in [1.807, 2.05) is 55.5 Å². The number of carbonyl (C=O) groups is 1. The van der Waals surface area contributed by atoms with Crippen molar-refractivity contribution in [1.29, 1.82) is 0 Å². The normalized spacial score (nSPS) is 10.6. The quantitative estimate of drug-likeness (QED) is 0.876. The molecule has 3 nitrogen and oxygen atoms in total. The monoisotopic (exact) mass is 300 g/mol. The van der Waals surface area contributed by atoms with E-state index < -0.39 is 0 Å². The van der Waals surface area contributed by atoms with Crippen molar-refractivity contribution in [2.24, 2.45) is 0 Å². The van der Waals surface area contributed by atoms with Crippen LogP contribution in [0.15, 0.2) is 54.7 Å². The van der Waals surface area contributed by atoms with Crippen molar-refractivity contribution in [3.63, 3.8) is 0 Å². The van der Waals surface area contributed by atoms with Gasteiger partial charge in [-0.1, -0.05) is 53.6 Å². The summed E-state index contributed by atoms with van der Waals surface area (Å²) in [6, 6.07) is 15.2. The standard InChI is InChI=1S/C17H17ClN2O/c1-13-5-7-14(8-6-13)9-10-19-17(21)20-12-15-3-2-4-16(18)11-15/h2-11H,12H2,1H3,(H2,19,20,21). The predicted octanol–water partition coefficient (Wildman–Crippen LogP) is 4.12. The molecule has 21 heavy (non-hydrogen) atoms. The van der Waals surface area contributed by atoms with Crippen molar-refractivity contribution in [1.82, 2.24) is 10.6 Å². The molecule has 2 N–H and O–H groups in total. The van der Waals surface area contributed by atoms with Gasteiger partial charge in [0.1, 0.15) is 0 Å². The highest BCUT2D eigenvalue weighted by atomic mass is 35.5. The highest BCUT2D eigenvalue weighted by Crippen LogP contribution is 2.10. The van der Waals surface area contributed by atoms with Gasteiger partial charge in [0.25, 0.3) is 0 Å². The van der Waals surface area contributed by atoms with Crippen LogP contribution in [0.25, 0.3) is 6.08 Å². The molecule has 0 saturated carbocycles. The lowest BCUT2D eigenvalue weighted by molar-refractivity contribution is 0.244. The van der Waals surface area contributed by atoms with E-state index in [1.54, 1.807) is 12.3 Å². The Balaban J connectivity index is 1.78. The fourth-order valence-corrected chi connectivity index (χ4v) is 1.98. The van der Waals surface area contributed by atoms with E-state index in [1.165, 1.54) is 5.56 Å². The molecule has 2 aromatic carbocycles. The van der Waals surface area contributed by atoms with Gasteiger partial charge in [0, 0.05) is 17.8 Å². The van der Waals surface area contributed by atoms with Crippen LogP contribution in [-0.2, 0) is 6.54 Å². The Morgan fingerprint density at radius 2 is 1.95 bits per heavy atom. The number of aryl methyl sites for hydroxylation is 1. The lowest BCUT2D eigenvalue weighted by Gasteiger charge is -2.05. The van der Waals surface area contributed by atoms with Crippen LogP contribution in [0, 0.1) is 6.92 Å². The van der Waals surface area contributed by atoms with Crippen LogP contribution in [0.3, 0.4) is 0 Å². The molecule has 0 radical (unpaired) electrons. The van der Waals surface area contributed by atoms with Crippen LogP contribution in [0.1, 0.15) is 16.7 Å². The van der Waals surface area contributed by atoms with Crippen molar-refractivity contribution in [2.75, 3.05) is 0 Å². The van der Waals surface area contributed by atoms with Gasteiger partial charge in [-0.2, -0.15) is 0 Å². The van der Waals surface area contributed by atoms with E-state index in [0.29, 0.717) is 11.6 Å². The molecule has 0 atom stereocenters. The summed E-state index contributed by atoms with van der Waals surface area (Å²) < 4.78 is 0. The summed E-state index contributed by atoms with van der Waals surface area (Å²) in [5.74, 6) is 0. The van der Waals surface area contributed by atoms with Crippen molar-refractivity contribution < 1.29 is 4.79 Å². The van der Waals surface area contributed by atoms with E-state index in [4.69, 9.17) is 11.6 Å². The van der Waals surface area contributed by atoms with Crippen LogP contribution < -0.4 is 10.6 Å². The Labute approximate surface area is 129 Å². The zero-order chi connectivity index (χ0) is 15.1. The van der Waals surface area contributed by atoms with Crippen LogP contribution >= 0.6 is 11.6 Å². The van der Waals surface area contributed by atoms with Gasteiger partial charge in [-0.25, -0.2) is 4.79 Å². The van der Waals surface area contributed by atoms with Gasteiger partial charge in [0.05, 0.1) is 0 Å². The van der Waals surface area contributed by atoms with Crippen LogP contribution in [-0.4, -0.2) is 6.03 Å². The first-order chi connectivity index (χ1) is 10.1. The first-order valence-corrected chi connectivity index (χ1v) is 7.03. The smallest absolute Gasteiger partial charge is 0.319 e. The molecular formula is C17H17ClN2O. The minimum absolute atomic E-state index is 0.252. The molecular weight excluding hydrogens is 284 g/mol. The third kappa shape index (κ3) is 5.32. The van der Waals surface area contributed by atoms with E-state index in [-0.39, 0.29) is 6.03 Å². The maximum Gasteiger partial charge on any atom is 0.319 e. The van der Waals surface area contributed by atoms with Crippen LogP contribution in [0.5, 0.6) is 0 Å². The van der Waals surface area contributed by atoms with Gasteiger partial charge in [0.15, 0.2) is 0 Å². The largest absolute Gasteiger partial charge is 0.334 e. The van der Waals surface area contributed by atoms with Crippen molar-refractivity contribution in [3.8, 4) is 0 Å². The number of carbonyl (C=O) groups excluding carboxylic acids is 1. The average molecular weight is 301 g/mol. The molecule has 0 unspecified atom stereocenters. The molecule has 0 bridgehead atoms. The third-order valence-electron chi connectivity index (χ3n) is 2.91. The van der Waals surface area contributed by atoms with Gasteiger partial charge < -0.3 is 10.6 Å². The molecule has 0 fully saturated rings. The van der Waals surface area contributed by atoms with E-state index in [9.17, 15) is 4.79 Å². The third-order valence-corrected chi connectivity index (χ3v) is 3.14. The summed E-state index contributed by atoms with van der Waals surface area (Å²) in [5.41, 5.74) is 3.20. The lowest BCUT2D eigenvalue weighted by Crippen LogP contribution is -2.31. The van der Waals surface area contributed by atoms with E-state index in [0.717, 1.165) is 11.1 Å². The maximum atomic E-state index is 11.6. The predicted molar refractivity (Wildman–Crippen MR) is 87.0 cm³/mol. The first kappa shape index (κ1) is 15.1. The molecule has 0 aliphatic heterocycles. The average Bonchev–Trinajstić information content (AvgIpc) is 2.47.